The van der Waals surface area contributed by atoms with Crippen LogP contribution in [0.25, 0.3) is 0 Å². The summed E-state index contributed by atoms with van der Waals surface area (Å²) >= 11 is 0. The van der Waals surface area contributed by atoms with E-state index in [1.165, 1.54) is 21.1 Å². The van der Waals surface area contributed by atoms with Crippen molar-refractivity contribution < 1.29 is 17.9 Å². The molecule has 0 saturated carbocycles. The maximum absolute atomic E-state index is 12.6. The normalized spacial score (nSPS) is 11.6. The first-order valence-corrected chi connectivity index (χ1v) is 9.12. The Hall–Kier alpha value is -2.59. The number of sulfonamides is 1. The molecule has 0 saturated heterocycles. The van der Waals surface area contributed by atoms with Crippen molar-refractivity contribution in [3.8, 4) is 11.5 Å². The Morgan fingerprint density at radius 2 is 1.65 bits per heavy atom. The highest BCUT2D eigenvalue weighted by Gasteiger charge is 2.26. The molecule has 0 aliphatic rings. The van der Waals surface area contributed by atoms with Crippen LogP contribution in [0, 0.1) is 0 Å². The number of nitrogens with zero attached hydrogens (tertiary/aromatic N) is 3. The number of hydrogen-bond acceptors (Lipinski definition) is 6. The molecule has 26 heavy (non-hydrogen) atoms. The lowest BCUT2D eigenvalue weighted by atomic mass is 10.3. The second-order valence-corrected chi connectivity index (χ2v) is 7.61. The molecule has 0 unspecified atom stereocenters. The monoisotopic (exact) mass is 383 g/mol. The maximum Gasteiger partial charge on any atom is 0.330 e. The quantitative estimate of drug-likeness (QED) is 0.656. The fraction of sp³-hybridized carbons (Fsp3) is 0.375. The standard InChI is InChI=1S/C16H21N3O6S/c1-17-11-14(15(20)19(3)16(17)21)26(22,23)18(2)9-10-25-13-7-5-12(24-4)6-8-13/h5-8,11H,9-10H2,1-4H3. The summed E-state index contributed by atoms with van der Waals surface area (Å²) in [7, 11) is 1.46. The lowest BCUT2D eigenvalue weighted by molar-refractivity contribution is 0.286. The molecule has 0 bridgehead atoms. The Morgan fingerprint density at radius 3 is 2.23 bits per heavy atom. The van der Waals surface area contributed by atoms with E-state index in [4.69, 9.17) is 9.47 Å². The molecule has 142 valence electrons. The molecule has 0 aliphatic carbocycles. The molecule has 0 amide bonds. The summed E-state index contributed by atoms with van der Waals surface area (Å²) in [6.45, 7) is 0.120. The van der Waals surface area contributed by atoms with Gasteiger partial charge in [0.1, 0.15) is 18.1 Å². The maximum atomic E-state index is 12.6. The average Bonchev–Trinajstić information content (AvgIpc) is 2.63. The molecule has 0 spiro atoms. The minimum atomic E-state index is -4.06. The minimum Gasteiger partial charge on any atom is -0.497 e. The molecular weight excluding hydrogens is 362 g/mol. The predicted octanol–water partition coefficient (Wildman–Crippen LogP) is -0.208. The average molecular weight is 383 g/mol. The van der Waals surface area contributed by atoms with Crippen molar-refractivity contribution in [2.45, 2.75) is 4.90 Å². The van der Waals surface area contributed by atoms with Crippen LogP contribution in [0.15, 0.2) is 44.9 Å². The third-order valence-corrected chi connectivity index (χ3v) is 5.68. The van der Waals surface area contributed by atoms with Gasteiger partial charge in [-0.3, -0.25) is 9.36 Å². The number of likely N-dealkylation sites (N-methyl/N-ethyl adjacent to an activating group) is 1. The third-order valence-electron chi connectivity index (χ3n) is 3.84. The van der Waals surface area contributed by atoms with Gasteiger partial charge in [-0.2, -0.15) is 4.31 Å². The van der Waals surface area contributed by atoms with E-state index in [0.717, 1.165) is 19.6 Å². The number of benzene rings is 1. The Balaban J connectivity index is 2.12. The first-order chi connectivity index (χ1) is 12.2. The van der Waals surface area contributed by atoms with Crippen LogP contribution in [0.2, 0.25) is 0 Å². The summed E-state index contributed by atoms with van der Waals surface area (Å²) in [4.78, 5) is 23.4. The number of ether oxygens (including phenoxy) is 2. The van der Waals surface area contributed by atoms with Crippen molar-refractivity contribution in [3.05, 3.63) is 51.3 Å². The van der Waals surface area contributed by atoms with E-state index >= 15 is 0 Å². The van der Waals surface area contributed by atoms with Gasteiger partial charge in [-0.25, -0.2) is 13.2 Å². The molecule has 2 aromatic rings. The van der Waals surface area contributed by atoms with Crippen molar-refractivity contribution in [1.29, 1.82) is 0 Å². The van der Waals surface area contributed by atoms with E-state index in [2.05, 4.69) is 0 Å². The van der Waals surface area contributed by atoms with E-state index in [1.807, 2.05) is 0 Å². The van der Waals surface area contributed by atoms with E-state index in [9.17, 15) is 18.0 Å². The van der Waals surface area contributed by atoms with Gasteiger partial charge in [0.2, 0.25) is 10.0 Å². The highest BCUT2D eigenvalue weighted by molar-refractivity contribution is 7.89. The van der Waals surface area contributed by atoms with E-state index in [1.54, 1.807) is 31.4 Å². The van der Waals surface area contributed by atoms with Crippen LogP contribution in [0.3, 0.4) is 0 Å². The summed E-state index contributed by atoms with van der Waals surface area (Å²) in [5.41, 5.74) is -1.46. The largest absolute Gasteiger partial charge is 0.497 e. The Morgan fingerprint density at radius 1 is 1.08 bits per heavy atom. The zero-order valence-corrected chi connectivity index (χ0v) is 15.8. The smallest absolute Gasteiger partial charge is 0.330 e. The predicted molar refractivity (Wildman–Crippen MR) is 95.2 cm³/mol. The molecular formula is C16H21N3O6S. The molecule has 0 atom stereocenters. The molecule has 9 nitrogen and oxygen atoms in total. The molecule has 0 N–H and O–H groups in total. The lowest BCUT2D eigenvalue weighted by Crippen LogP contribution is -2.42. The van der Waals surface area contributed by atoms with Crippen LogP contribution in [0.5, 0.6) is 11.5 Å². The van der Waals surface area contributed by atoms with Crippen molar-refractivity contribution in [2.75, 3.05) is 27.3 Å². The second-order valence-electron chi connectivity index (χ2n) is 5.60. The molecule has 1 aromatic heterocycles. The number of aromatic nitrogens is 2. The number of hydrogen-bond donors (Lipinski definition) is 0. The van der Waals surface area contributed by atoms with E-state index in [-0.39, 0.29) is 13.2 Å². The minimum absolute atomic E-state index is 0.0281. The van der Waals surface area contributed by atoms with Gasteiger partial charge in [0.25, 0.3) is 5.56 Å². The Bertz CT molecular complexity index is 992. The Kier molecular flexibility index (Phi) is 5.88. The summed E-state index contributed by atoms with van der Waals surface area (Å²) in [5, 5.41) is 0. The fourth-order valence-corrected chi connectivity index (χ4v) is 3.50. The van der Waals surface area contributed by atoms with Crippen LogP contribution in [-0.2, 0) is 24.1 Å². The van der Waals surface area contributed by atoms with Gasteiger partial charge in [0.15, 0.2) is 4.90 Å². The molecule has 0 aliphatic heterocycles. The van der Waals surface area contributed by atoms with Gasteiger partial charge in [-0.05, 0) is 24.3 Å². The molecule has 0 fully saturated rings. The van der Waals surface area contributed by atoms with E-state index in [0.29, 0.717) is 11.5 Å². The number of methoxy groups -OCH3 is 1. The van der Waals surface area contributed by atoms with Crippen molar-refractivity contribution in [1.82, 2.24) is 13.4 Å². The summed E-state index contributed by atoms with van der Waals surface area (Å²) in [6, 6.07) is 6.86. The molecule has 0 radical (unpaired) electrons. The molecule has 2 rings (SSSR count). The number of rotatable bonds is 7. The zero-order valence-electron chi connectivity index (χ0n) is 15.0. The summed E-state index contributed by atoms with van der Waals surface area (Å²) in [6.07, 6.45) is 1.03. The molecule has 1 aromatic carbocycles. The highest BCUT2D eigenvalue weighted by atomic mass is 32.2. The van der Waals surface area contributed by atoms with Gasteiger partial charge >= 0.3 is 5.69 Å². The first-order valence-electron chi connectivity index (χ1n) is 7.68. The first kappa shape index (κ1) is 19.7. The third kappa shape index (κ3) is 3.97. The molecule has 10 heteroatoms. The van der Waals surface area contributed by atoms with Crippen molar-refractivity contribution >= 4 is 10.0 Å². The molecule has 1 heterocycles. The van der Waals surface area contributed by atoms with Gasteiger partial charge in [0, 0.05) is 33.9 Å². The van der Waals surface area contributed by atoms with Crippen LogP contribution in [-0.4, -0.2) is 49.2 Å². The summed E-state index contributed by atoms with van der Waals surface area (Å²) in [5.74, 6) is 1.25. The summed E-state index contributed by atoms with van der Waals surface area (Å²) < 4.78 is 38.6. The second kappa shape index (κ2) is 7.75. The van der Waals surface area contributed by atoms with Crippen LogP contribution in [0.4, 0.5) is 0 Å². The van der Waals surface area contributed by atoms with Gasteiger partial charge in [-0.1, -0.05) is 0 Å². The Labute approximate surface area is 151 Å². The van der Waals surface area contributed by atoms with Crippen LogP contribution < -0.4 is 20.7 Å². The zero-order chi connectivity index (χ0) is 19.5. The SMILES string of the molecule is COc1ccc(OCCN(C)S(=O)(=O)c2cn(C)c(=O)n(C)c2=O)cc1. The van der Waals surface area contributed by atoms with E-state index < -0.39 is 26.2 Å². The van der Waals surface area contributed by atoms with Crippen molar-refractivity contribution in [3.63, 3.8) is 0 Å². The van der Waals surface area contributed by atoms with Crippen LogP contribution in [0.1, 0.15) is 0 Å². The van der Waals surface area contributed by atoms with Crippen LogP contribution >= 0.6 is 0 Å². The van der Waals surface area contributed by atoms with Gasteiger partial charge < -0.3 is 14.0 Å². The van der Waals surface area contributed by atoms with Gasteiger partial charge in [0.05, 0.1) is 7.11 Å². The highest BCUT2D eigenvalue weighted by Crippen LogP contribution is 2.17. The fourth-order valence-electron chi connectivity index (χ4n) is 2.20. The lowest BCUT2D eigenvalue weighted by Gasteiger charge is -2.18. The number of aryl methyl sites for hydroxylation is 1. The van der Waals surface area contributed by atoms with Crippen molar-refractivity contribution in [2.24, 2.45) is 14.1 Å². The topological polar surface area (TPSA) is 99.8 Å². The van der Waals surface area contributed by atoms with Gasteiger partial charge in [-0.15, -0.1) is 0 Å².